The van der Waals surface area contributed by atoms with Crippen molar-refractivity contribution in [2.24, 2.45) is 10.4 Å². The van der Waals surface area contributed by atoms with Gasteiger partial charge in [0.25, 0.3) is 17.8 Å². The van der Waals surface area contributed by atoms with Gasteiger partial charge in [0.1, 0.15) is 11.7 Å². The number of allylic oxidation sites excluding steroid dienone is 1. The number of hydrogen-bond acceptors (Lipinski definition) is 7. The molecule has 2 saturated heterocycles. The minimum Gasteiger partial charge on any atom is -0.417 e. The van der Waals surface area contributed by atoms with Gasteiger partial charge in [0, 0.05) is 56.6 Å². The molecular formula is C30H34F4N6O3. The highest BCUT2D eigenvalue weighted by atomic mass is 19.4. The highest BCUT2D eigenvalue weighted by molar-refractivity contribution is 5.96. The molecule has 5 rings (SSSR count). The van der Waals surface area contributed by atoms with Crippen LogP contribution in [0.15, 0.2) is 57.7 Å². The number of carbonyl (C=O) groups excluding carboxylic acids is 2. The minimum atomic E-state index is -4.88. The number of carbonyl (C=O) groups is 2. The zero-order valence-corrected chi connectivity index (χ0v) is 24.1. The Balaban J connectivity index is 1.32. The lowest BCUT2D eigenvalue weighted by Crippen LogP contribution is -2.37. The van der Waals surface area contributed by atoms with E-state index in [0.29, 0.717) is 51.5 Å². The summed E-state index contributed by atoms with van der Waals surface area (Å²) in [6, 6.07) is 5.66. The number of aliphatic imine (C=N–C) groups is 1. The molecule has 43 heavy (non-hydrogen) atoms. The van der Waals surface area contributed by atoms with E-state index in [4.69, 9.17) is 4.42 Å². The number of piperidine rings is 1. The number of oxazole rings is 1. The zero-order chi connectivity index (χ0) is 30.8. The highest BCUT2D eigenvalue weighted by Crippen LogP contribution is 2.36. The van der Waals surface area contributed by atoms with Gasteiger partial charge in [-0.15, -0.1) is 0 Å². The summed E-state index contributed by atoms with van der Waals surface area (Å²) >= 11 is 0. The normalized spacial score (nSPS) is 19.3. The van der Waals surface area contributed by atoms with E-state index < -0.39 is 34.8 Å². The quantitative estimate of drug-likeness (QED) is 0.482. The van der Waals surface area contributed by atoms with Gasteiger partial charge in [-0.05, 0) is 43.9 Å². The number of benzene rings is 1. The molecule has 4 heterocycles. The Morgan fingerprint density at radius 2 is 1.67 bits per heavy atom. The molecule has 2 aromatic rings. The number of amidine groups is 1. The summed E-state index contributed by atoms with van der Waals surface area (Å²) < 4.78 is 61.2. The second kappa shape index (κ2) is 12.2. The van der Waals surface area contributed by atoms with Gasteiger partial charge in [-0.25, -0.2) is 9.38 Å². The number of alkyl halides is 3. The molecule has 1 aromatic carbocycles. The number of nitrogens with zero attached hydrogens (tertiary/aromatic N) is 5. The van der Waals surface area contributed by atoms with Crippen molar-refractivity contribution in [1.29, 1.82) is 0 Å². The van der Waals surface area contributed by atoms with Crippen molar-refractivity contribution >= 4 is 23.7 Å². The third-order valence-corrected chi connectivity index (χ3v) is 7.85. The molecule has 0 radical (unpaired) electrons. The van der Waals surface area contributed by atoms with E-state index in [2.05, 4.69) is 15.3 Å². The maximum atomic E-state index is 14.2. The summed E-state index contributed by atoms with van der Waals surface area (Å²) in [5.74, 6) is -2.33. The van der Waals surface area contributed by atoms with Crippen LogP contribution in [0.1, 0.15) is 66.1 Å². The molecule has 9 nitrogen and oxygen atoms in total. The maximum absolute atomic E-state index is 14.2. The van der Waals surface area contributed by atoms with Gasteiger partial charge in [0.2, 0.25) is 5.76 Å². The SMILES string of the molecule is CC1(C)C=CC(N2CCCN(C(=O)c3ccccc3F)CC2)=NC=C1NC(=O)c1oc(N2CCCCC2)nc1C(F)(F)F. The van der Waals surface area contributed by atoms with Crippen LogP contribution in [0.5, 0.6) is 0 Å². The van der Waals surface area contributed by atoms with Crippen LogP contribution in [0.3, 0.4) is 0 Å². The van der Waals surface area contributed by atoms with Gasteiger partial charge in [0.15, 0.2) is 5.69 Å². The molecule has 0 spiro atoms. The third kappa shape index (κ3) is 6.75. The molecule has 1 N–H and O–H groups in total. The lowest BCUT2D eigenvalue weighted by atomic mass is 9.89. The Labute approximate surface area is 246 Å². The van der Waals surface area contributed by atoms with Crippen LogP contribution in [-0.2, 0) is 6.18 Å². The van der Waals surface area contributed by atoms with Crippen molar-refractivity contribution in [3.63, 3.8) is 0 Å². The van der Waals surface area contributed by atoms with Gasteiger partial charge >= 0.3 is 6.18 Å². The van der Waals surface area contributed by atoms with E-state index in [1.54, 1.807) is 35.8 Å². The second-order valence-electron chi connectivity index (χ2n) is 11.4. The van der Waals surface area contributed by atoms with Gasteiger partial charge in [-0.3, -0.25) is 9.59 Å². The number of aromatic nitrogens is 1. The Morgan fingerprint density at radius 1 is 0.953 bits per heavy atom. The third-order valence-electron chi connectivity index (χ3n) is 7.85. The van der Waals surface area contributed by atoms with Crippen LogP contribution in [0.2, 0.25) is 0 Å². The van der Waals surface area contributed by atoms with Gasteiger partial charge in [-0.1, -0.05) is 32.1 Å². The van der Waals surface area contributed by atoms with Crippen LogP contribution in [0.25, 0.3) is 0 Å². The van der Waals surface area contributed by atoms with E-state index in [1.807, 2.05) is 11.0 Å². The van der Waals surface area contributed by atoms with Crippen molar-refractivity contribution in [2.75, 3.05) is 44.2 Å². The predicted octanol–water partition coefficient (Wildman–Crippen LogP) is 5.24. The molecular weight excluding hydrogens is 568 g/mol. The first-order valence-electron chi connectivity index (χ1n) is 14.3. The average Bonchev–Trinajstić information content (AvgIpc) is 3.23. The van der Waals surface area contributed by atoms with Crippen molar-refractivity contribution in [1.82, 2.24) is 20.1 Å². The molecule has 0 aliphatic carbocycles. The van der Waals surface area contributed by atoms with E-state index in [-0.39, 0.29) is 23.2 Å². The van der Waals surface area contributed by atoms with Crippen molar-refractivity contribution in [3.05, 3.63) is 71.1 Å². The lowest BCUT2D eigenvalue weighted by Gasteiger charge is -2.24. The van der Waals surface area contributed by atoms with Crippen LogP contribution in [0.4, 0.5) is 23.6 Å². The first-order valence-corrected chi connectivity index (χ1v) is 14.3. The predicted molar refractivity (Wildman–Crippen MR) is 152 cm³/mol. The minimum absolute atomic E-state index is 0.0243. The zero-order valence-electron chi connectivity index (χ0n) is 24.1. The molecule has 0 atom stereocenters. The first kappa shape index (κ1) is 30.3. The number of nitrogens with one attached hydrogen (secondary N) is 1. The van der Waals surface area contributed by atoms with Gasteiger partial charge in [0.05, 0.1) is 5.56 Å². The average molecular weight is 603 g/mol. The smallest absolute Gasteiger partial charge is 0.417 e. The molecule has 3 aliphatic heterocycles. The van der Waals surface area contributed by atoms with E-state index in [9.17, 15) is 27.2 Å². The fourth-order valence-corrected chi connectivity index (χ4v) is 5.30. The summed E-state index contributed by atoms with van der Waals surface area (Å²) in [6.07, 6.45) is 3.33. The summed E-state index contributed by atoms with van der Waals surface area (Å²) in [4.78, 5) is 39.5. The highest BCUT2D eigenvalue weighted by Gasteiger charge is 2.42. The topological polar surface area (TPSA) is 94.3 Å². The Kier molecular flexibility index (Phi) is 8.61. The Morgan fingerprint density at radius 3 is 2.40 bits per heavy atom. The van der Waals surface area contributed by atoms with Crippen molar-refractivity contribution < 1.29 is 31.6 Å². The number of amides is 2. The van der Waals surface area contributed by atoms with E-state index >= 15 is 0 Å². The molecule has 3 aliphatic rings. The molecule has 230 valence electrons. The standard InChI is InChI=1S/C30H34F4N6O3/c1-29(2)12-11-23(38-15-8-16-39(18-17-38)27(42)20-9-4-5-10-21(20)31)35-19-22(29)36-26(41)24-25(30(32,33)34)37-28(43-24)40-13-6-3-7-14-40/h4-5,9-12,19H,3,6-8,13-18H2,1-2H3,(H,36,41). The Bertz CT molecular complexity index is 1460. The van der Waals surface area contributed by atoms with Crippen LogP contribution in [0, 0.1) is 11.2 Å². The number of hydrogen-bond donors (Lipinski definition) is 1. The van der Waals surface area contributed by atoms with Crippen molar-refractivity contribution in [2.45, 2.75) is 45.7 Å². The van der Waals surface area contributed by atoms with Gasteiger partial charge < -0.3 is 24.4 Å². The molecule has 2 amide bonds. The molecule has 0 saturated carbocycles. The maximum Gasteiger partial charge on any atom is 0.437 e. The summed E-state index contributed by atoms with van der Waals surface area (Å²) in [7, 11) is 0. The van der Waals surface area contributed by atoms with Crippen LogP contribution < -0.4 is 10.2 Å². The largest absolute Gasteiger partial charge is 0.437 e. The number of anilines is 1. The molecule has 2 fully saturated rings. The van der Waals surface area contributed by atoms with Crippen LogP contribution >= 0.6 is 0 Å². The van der Waals surface area contributed by atoms with Gasteiger partial charge in [-0.2, -0.15) is 18.2 Å². The number of halogens is 4. The fraction of sp³-hybridized carbons (Fsp3) is 0.467. The van der Waals surface area contributed by atoms with Crippen LogP contribution in [-0.4, -0.2) is 71.7 Å². The van der Waals surface area contributed by atoms with E-state index in [0.717, 1.165) is 19.3 Å². The summed E-state index contributed by atoms with van der Waals surface area (Å²) in [5.41, 5.74) is -1.86. The van der Waals surface area contributed by atoms with Crippen molar-refractivity contribution in [3.8, 4) is 0 Å². The molecule has 0 unspecified atom stereocenters. The fourth-order valence-electron chi connectivity index (χ4n) is 5.30. The number of rotatable bonds is 4. The lowest BCUT2D eigenvalue weighted by molar-refractivity contribution is -0.141. The van der Waals surface area contributed by atoms with E-state index in [1.165, 1.54) is 24.4 Å². The second-order valence-corrected chi connectivity index (χ2v) is 11.4. The molecule has 1 aromatic heterocycles. The monoisotopic (exact) mass is 602 g/mol. The first-order chi connectivity index (χ1) is 20.4. The summed E-state index contributed by atoms with van der Waals surface area (Å²) in [6.45, 7) is 6.42. The molecule has 13 heteroatoms. The Hall–Kier alpha value is -4.16. The summed E-state index contributed by atoms with van der Waals surface area (Å²) in [5, 5.41) is 2.58. The molecule has 0 bridgehead atoms.